The molecule has 8 heteroatoms. The Kier molecular flexibility index (Phi) is 17.2. The van der Waals surface area contributed by atoms with Crippen LogP contribution in [0.5, 0.6) is 0 Å². The average Bonchev–Trinajstić information content (AvgIpc) is 3.29. The second kappa shape index (κ2) is 19.7. The number of carboxylic acid groups (broad SMARTS) is 1. The quantitative estimate of drug-likeness (QED) is 0.201. The number of carbonyl (C=O) groups is 2. The molecule has 1 heterocycles. The molecule has 0 fully saturated rings. The van der Waals surface area contributed by atoms with Crippen LogP contribution in [0.1, 0.15) is 123 Å². The maximum absolute atomic E-state index is 11.8. The monoisotopic (exact) mass is 453 g/mol. The van der Waals surface area contributed by atoms with E-state index in [0.717, 1.165) is 44.3 Å². The first kappa shape index (κ1) is 28.0. The number of aromatic nitrogens is 4. The summed E-state index contributed by atoms with van der Waals surface area (Å²) in [4.78, 5) is 22.5. The van der Waals surface area contributed by atoms with Crippen LogP contribution in [0.25, 0.3) is 0 Å². The number of carbonyl (C=O) groups excluding carboxylic acids is 1. The Balaban J connectivity index is 0.0000102. The van der Waals surface area contributed by atoms with Crippen molar-refractivity contribution in [1.29, 1.82) is 0 Å². The van der Waals surface area contributed by atoms with Gasteiger partial charge in [0, 0.05) is 20.8 Å². The van der Waals surface area contributed by atoms with E-state index in [0.29, 0.717) is 19.4 Å². The molecule has 1 aromatic heterocycles. The first-order valence-electron chi connectivity index (χ1n) is 12.8. The Hall–Kier alpha value is -1.99. The van der Waals surface area contributed by atoms with Crippen molar-refractivity contribution >= 4 is 11.9 Å². The van der Waals surface area contributed by atoms with Gasteiger partial charge in [0.05, 0.1) is 5.92 Å². The third kappa shape index (κ3) is 16.7. The molecule has 0 saturated heterocycles. The lowest BCUT2D eigenvalue weighted by Crippen LogP contribution is -2.24. The van der Waals surface area contributed by atoms with Crippen molar-refractivity contribution in [3.8, 4) is 0 Å². The van der Waals surface area contributed by atoms with E-state index in [2.05, 4.69) is 25.9 Å². The summed E-state index contributed by atoms with van der Waals surface area (Å²) in [5.41, 5.74) is 0. The molecule has 0 radical (unpaired) electrons. The summed E-state index contributed by atoms with van der Waals surface area (Å²) in [6, 6.07) is 0. The SMILES string of the molecule is C[C@@H](CCCCNC(=O)CCCCCCCCCCCCCCCc1nn[nH]n1)C(=O)O.[HH]. The lowest BCUT2D eigenvalue weighted by molar-refractivity contribution is -0.141. The van der Waals surface area contributed by atoms with Gasteiger partial charge in [0.25, 0.3) is 0 Å². The number of nitrogens with one attached hydrogen (secondary N) is 2. The van der Waals surface area contributed by atoms with Crippen LogP contribution >= 0.6 is 0 Å². The number of tetrazole rings is 1. The van der Waals surface area contributed by atoms with Crippen LogP contribution in [-0.4, -0.2) is 44.2 Å². The number of unbranched alkanes of at least 4 members (excludes halogenated alkanes) is 13. The molecule has 1 aromatic rings. The predicted molar refractivity (Wildman–Crippen MR) is 128 cm³/mol. The van der Waals surface area contributed by atoms with Crippen LogP contribution in [0.4, 0.5) is 0 Å². The normalized spacial score (nSPS) is 12.0. The summed E-state index contributed by atoms with van der Waals surface area (Å²) < 4.78 is 0. The summed E-state index contributed by atoms with van der Waals surface area (Å²) >= 11 is 0. The molecule has 0 aliphatic carbocycles. The molecule has 1 atom stereocenters. The average molecular weight is 454 g/mol. The van der Waals surface area contributed by atoms with Crippen LogP contribution in [0.3, 0.4) is 0 Å². The number of hydrogen-bond donors (Lipinski definition) is 3. The van der Waals surface area contributed by atoms with E-state index in [1.54, 1.807) is 6.92 Å². The fourth-order valence-corrected chi connectivity index (χ4v) is 3.82. The van der Waals surface area contributed by atoms with Gasteiger partial charge in [-0.05, 0) is 25.7 Å². The Morgan fingerprint density at radius 3 is 1.97 bits per heavy atom. The molecule has 3 N–H and O–H groups in total. The number of nitrogens with zero attached hydrogens (tertiary/aromatic N) is 3. The third-order valence-corrected chi connectivity index (χ3v) is 6.00. The molecule has 0 aromatic carbocycles. The molecular formula is C24H47N5O3. The second-order valence-corrected chi connectivity index (χ2v) is 9.01. The highest BCUT2D eigenvalue weighted by molar-refractivity contribution is 5.75. The van der Waals surface area contributed by atoms with Gasteiger partial charge < -0.3 is 10.4 Å². The largest absolute Gasteiger partial charge is 0.481 e. The van der Waals surface area contributed by atoms with Crippen LogP contribution in [0, 0.1) is 5.92 Å². The molecule has 1 rings (SSSR count). The second-order valence-electron chi connectivity index (χ2n) is 9.01. The number of aryl methyl sites for hydroxylation is 1. The first-order valence-corrected chi connectivity index (χ1v) is 12.8. The summed E-state index contributed by atoms with van der Waals surface area (Å²) in [6.45, 7) is 2.39. The molecular weight excluding hydrogens is 406 g/mol. The standard InChI is InChI=1S/C24H45N5O3.H2/c1-21(24(31)32)17-15-16-20-25-23(30)19-14-12-10-8-6-4-2-3-5-7-9-11-13-18-22-26-28-29-27-22;/h21H,2-20H2,1H3,(H,25,30)(H,31,32)(H,26,27,28,29);1H/t21-;/m0./s1. The number of rotatable bonds is 22. The van der Waals surface area contributed by atoms with E-state index in [1.807, 2.05) is 0 Å². The number of hydrogen-bond acceptors (Lipinski definition) is 5. The van der Waals surface area contributed by atoms with E-state index in [4.69, 9.17) is 5.11 Å². The number of amides is 1. The Morgan fingerprint density at radius 1 is 0.875 bits per heavy atom. The smallest absolute Gasteiger partial charge is 0.306 e. The van der Waals surface area contributed by atoms with Crippen molar-refractivity contribution < 1.29 is 16.1 Å². The van der Waals surface area contributed by atoms with E-state index >= 15 is 0 Å². The van der Waals surface area contributed by atoms with Crippen molar-refractivity contribution in [2.24, 2.45) is 5.92 Å². The van der Waals surface area contributed by atoms with Gasteiger partial charge in [-0.25, -0.2) is 0 Å². The van der Waals surface area contributed by atoms with Crippen LogP contribution in [-0.2, 0) is 16.0 Å². The summed E-state index contributed by atoms with van der Waals surface area (Å²) in [5, 5.41) is 25.8. The number of aliphatic carboxylic acids is 1. The maximum Gasteiger partial charge on any atom is 0.306 e. The molecule has 0 aliphatic rings. The number of carboxylic acids is 1. The molecule has 0 spiro atoms. The third-order valence-electron chi connectivity index (χ3n) is 6.00. The minimum Gasteiger partial charge on any atom is -0.481 e. The molecule has 186 valence electrons. The Bertz CT molecular complexity index is 587. The van der Waals surface area contributed by atoms with Crippen LogP contribution in [0.2, 0.25) is 0 Å². The molecule has 1 amide bonds. The summed E-state index contributed by atoms with van der Waals surface area (Å²) in [7, 11) is 0. The van der Waals surface area contributed by atoms with Gasteiger partial charge in [-0.1, -0.05) is 89.2 Å². The first-order chi connectivity index (χ1) is 15.6. The van der Waals surface area contributed by atoms with Gasteiger partial charge in [0.1, 0.15) is 0 Å². The highest BCUT2D eigenvalue weighted by Gasteiger charge is 2.09. The van der Waals surface area contributed by atoms with Crippen LogP contribution in [0.15, 0.2) is 0 Å². The van der Waals surface area contributed by atoms with Gasteiger partial charge in [0.15, 0.2) is 5.82 Å². The van der Waals surface area contributed by atoms with Crippen LogP contribution < -0.4 is 5.32 Å². The number of H-pyrrole nitrogens is 1. The molecule has 32 heavy (non-hydrogen) atoms. The topological polar surface area (TPSA) is 121 Å². The molecule has 0 saturated carbocycles. The minimum absolute atomic E-state index is 0. The highest BCUT2D eigenvalue weighted by Crippen LogP contribution is 2.13. The summed E-state index contributed by atoms with van der Waals surface area (Å²) in [6.07, 6.45) is 20.2. The molecule has 0 unspecified atom stereocenters. The van der Waals surface area contributed by atoms with Crippen molar-refractivity contribution in [2.45, 2.75) is 122 Å². The van der Waals surface area contributed by atoms with Gasteiger partial charge >= 0.3 is 5.97 Å². The fourth-order valence-electron chi connectivity index (χ4n) is 3.82. The lowest BCUT2D eigenvalue weighted by Gasteiger charge is -2.07. The van der Waals surface area contributed by atoms with E-state index in [1.165, 1.54) is 64.2 Å². The Morgan fingerprint density at radius 2 is 1.44 bits per heavy atom. The van der Waals surface area contributed by atoms with Crippen molar-refractivity contribution in [1.82, 2.24) is 25.9 Å². The molecule has 0 bridgehead atoms. The van der Waals surface area contributed by atoms with E-state index < -0.39 is 5.97 Å². The maximum atomic E-state index is 11.8. The zero-order valence-corrected chi connectivity index (χ0v) is 20.1. The molecule has 8 nitrogen and oxygen atoms in total. The van der Waals surface area contributed by atoms with E-state index in [-0.39, 0.29) is 13.3 Å². The van der Waals surface area contributed by atoms with E-state index in [9.17, 15) is 9.59 Å². The van der Waals surface area contributed by atoms with Gasteiger partial charge in [-0.2, -0.15) is 5.21 Å². The number of aromatic amines is 1. The lowest BCUT2D eigenvalue weighted by atomic mass is 10.0. The zero-order valence-electron chi connectivity index (χ0n) is 20.1. The Labute approximate surface area is 195 Å². The van der Waals surface area contributed by atoms with Gasteiger partial charge in [0.2, 0.25) is 5.91 Å². The zero-order chi connectivity index (χ0) is 23.3. The summed E-state index contributed by atoms with van der Waals surface area (Å²) in [5.74, 6) is -0.0824. The fraction of sp³-hybridized carbons (Fsp3) is 0.875. The highest BCUT2D eigenvalue weighted by atomic mass is 16.4. The van der Waals surface area contributed by atoms with Crippen molar-refractivity contribution in [2.75, 3.05) is 6.54 Å². The van der Waals surface area contributed by atoms with Gasteiger partial charge in [-0.15, -0.1) is 10.2 Å². The predicted octanol–water partition coefficient (Wildman–Crippen LogP) is 5.46. The van der Waals surface area contributed by atoms with Crippen molar-refractivity contribution in [3.05, 3.63) is 5.82 Å². The van der Waals surface area contributed by atoms with Gasteiger partial charge in [-0.3, -0.25) is 9.59 Å². The molecule has 0 aliphatic heterocycles. The minimum atomic E-state index is -0.741. The van der Waals surface area contributed by atoms with Crippen molar-refractivity contribution in [3.63, 3.8) is 0 Å².